The van der Waals surface area contributed by atoms with Crippen molar-refractivity contribution in [3.63, 3.8) is 0 Å². The average Bonchev–Trinajstić information content (AvgIpc) is 3.09. The van der Waals surface area contributed by atoms with Crippen LogP contribution in [-0.2, 0) is 11.8 Å². The van der Waals surface area contributed by atoms with Crippen molar-refractivity contribution in [2.75, 3.05) is 0 Å². The fourth-order valence-electron chi connectivity index (χ4n) is 3.02. The Hall–Kier alpha value is -1.37. The smallest absolute Gasteiger partial charge is 0.127 e. The largest absolute Gasteiger partial charge is 0.207 e. The summed E-state index contributed by atoms with van der Waals surface area (Å²) in [4.78, 5) is 0. The van der Waals surface area contributed by atoms with Crippen molar-refractivity contribution in [3.05, 3.63) is 58.4 Å². The number of hydrogen-bond donors (Lipinski definition) is 0. The van der Waals surface area contributed by atoms with Crippen molar-refractivity contribution in [2.24, 2.45) is 0 Å². The zero-order valence-electron chi connectivity index (χ0n) is 13.1. The van der Waals surface area contributed by atoms with Crippen LogP contribution in [0.25, 0.3) is 0 Å². The maximum absolute atomic E-state index is 14.2. The van der Waals surface area contributed by atoms with E-state index in [4.69, 9.17) is 0 Å². The topological polar surface area (TPSA) is 0 Å². The van der Waals surface area contributed by atoms with Gasteiger partial charge in [0.2, 0.25) is 0 Å². The Labute approximate surface area is 122 Å². The molecule has 0 amide bonds. The molecule has 0 bridgehead atoms. The van der Waals surface area contributed by atoms with Crippen LogP contribution in [0.1, 0.15) is 58.1 Å². The molecule has 0 heterocycles. The lowest BCUT2D eigenvalue weighted by Crippen LogP contribution is -2.12. The van der Waals surface area contributed by atoms with Gasteiger partial charge in [0.05, 0.1) is 0 Å². The van der Waals surface area contributed by atoms with Gasteiger partial charge in [-0.2, -0.15) is 0 Å². The van der Waals surface area contributed by atoms with Gasteiger partial charge in [0.15, 0.2) is 0 Å². The molecule has 2 rings (SSSR count). The molecular formula is C19H25F. The molecule has 0 radical (unpaired) electrons. The Morgan fingerprint density at radius 2 is 2.10 bits per heavy atom. The summed E-state index contributed by atoms with van der Waals surface area (Å²) in [6, 6.07) is 5.46. The maximum Gasteiger partial charge on any atom is 0.127 e. The molecule has 0 aliphatic heterocycles. The summed E-state index contributed by atoms with van der Waals surface area (Å²) in [5.41, 5.74) is 4.76. The summed E-state index contributed by atoms with van der Waals surface area (Å²) >= 11 is 0. The van der Waals surface area contributed by atoms with Gasteiger partial charge in [0, 0.05) is 11.0 Å². The highest BCUT2D eigenvalue weighted by Crippen LogP contribution is 2.50. The first-order valence-electron chi connectivity index (χ1n) is 7.64. The van der Waals surface area contributed by atoms with Crippen molar-refractivity contribution in [1.29, 1.82) is 0 Å². The summed E-state index contributed by atoms with van der Waals surface area (Å²) in [5.74, 6) is -0.0530. The Morgan fingerprint density at radius 1 is 1.35 bits per heavy atom. The van der Waals surface area contributed by atoms with Crippen LogP contribution < -0.4 is 0 Å². The maximum atomic E-state index is 14.2. The molecule has 0 aromatic heterocycles. The van der Waals surface area contributed by atoms with Crippen LogP contribution in [-0.4, -0.2) is 0 Å². The van der Waals surface area contributed by atoms with Crippen LogP contribution in [0, 0.1) is 5.82 Å². The third-order valence-corrected chi connectivity index (χ3v) is 4.56. The molecule has 0 nitrogen and oxygen atoms in total. The molecule has 1 heteroatoms. The van der Waals surface area contributed by atoms with Gasteiger partial charge in [0.25, 0.3) is 0 Å². The minimum Gasteiger partial charge on any atom is -0.207 e. The van der Waals surface area contributed by atoms with Crippen molar-refractivity contribution in [3.8, 4) is 0 Å². The molecule has 0 spiro atoms. The fourth-order valence-corrected chi connectivity index (χ4v) is 3.02. The number of aryl methyl sites for hydroxylation is 1. The van der Waals surface area contributed by atoms with E-state index in [2.05, 4.69) is 45.9 Å². The molecule has 0 fully saturated rings. The molecule has 1 atom stereocenters. The number of halogens is 1. The summed E-state index contributed by atoms with van der Waals surface area (Å²) in [6.07, 6.45) is 8.69. The first kappa shape index (κ1) is 15.0. The average molecular weight is 272 g/mol. The van der Waals surface area contributed by atoms with E-state index < -0.39 is 0 Å². The molecule has 1 aliphatic carbocycles. The Bertz CT molecular complexity index is 551. The molecule has 0 saturated heterocycles. The van der Waals surface area contributed by atoms with Gasteiger partial charge in [0.1, 0.15) is 5.82 Å². The quantitative estimate of drug-likeness (QED) is 0.581. The first-order chi connectivity index (χ1) is 9.52. The summed E-state index contributed by atoms with van der Waals surface area (Å²) in [6.45, 7) is 8.51. The second-order valence-corrected chi connectivity index (χ2v) is 5.99. The highest BCUT2D eigenvalue weighted by Gasteiger charge is 2.42. The van der Waals surface area contributed by atoms with Crippen LogP contribution in [0.15, 0.2) is 41.5 Å². The first-order valence-corrected chi connectivity index (χ1v) is 7.64. The second-order valence-electron chi connectivity index (χ2n) is 5.99. The molecule has 108 valence electrons. The van der Waals surface area contributed by atoms with E-state index >= 15 is 0 Å². The number of allylic oxidation sites excluding steroid dienone is 4. The number of hydrogen-bond acceptors (Lipinski definition) is 0. The summed E-state index contributed by atoms with van der Waals surface area (Å²) in [5, 5.41) is 0. The standard InChI is InChI=1S/C19H25F/c1-5-14(3)9-7-11-16-13-19(16,4)18-15(6-2)10-8-12-17(18)20/h5,8,10,12-13H,6-7,9,11H2,1-4H3/b14-5-. The molecule has 1 unspecified atom stereocenters. The van der Waals surface area contributed by atoms with Crippen molar-refractivity contribution < 1.29 is 4.39 Å². The Morgan fingerprint density at radius 3 is 2.75 bits per heavy atom. The monoisotopic (exact) mass is 272 g/mol. The van der Waals surface area contributed by atoms with Gasteiger partial charge >= 0.3 is 0 Å². The minimum atomic E-state index is -0.124. The van der Waals surface area contributed by atoms with Crippen LogP contribution in [0.4, 0.5) is 4.39 Å². The Kier molecular flexibility index (Phi) is 4.47. The van der Waals surface area contributed by atoms with Crippen molar-refractivity contribution >= 4 is 0 Å². The van der Waals surface area contributed by atoms with E-state index in [1.165, 1.54) is 11.1 Å². The van der Waals surface area contributed by atoms with E-state index in [1.54, 1.807) is 6.07 Å². The van der Waals surface area contributed by atoms with Crippen LogP contribution in [0.3, 0.4) is 0 Å². The van der Waals surface area contributed by atoms with Crippen molar-refractivity contribution in [1.82, 2.24) is 0 Å². The van der Waals surface area contributed by atoms with Gasteiger partial charge in [-0.1, -0.05) is 42.4 Å². The minimum absolute atomic E-state index is 0.0530. The summed E-state index contributed by atoms with van der Waals surface area (Å²) in [7, 11) is 0. The fraction of sp³-hybridized carbons (Fsp3) is 0.474. The molecule has 1 aromatic rings. The van der Waals surface area contributed by atoms with Crippen LogP contribution in [0.5, 0.6) is 0 Å². The predicted molar refractivity (Wildman–Crippen MR) is 84.5 cm³/mol. The van der Waals surface area contributed by atoms with Crippen LogP contribution in [0.2, 0.25) is 0 Å². The SMILES string of the molecule is C/C=C(/C)CCCC1=CC1(C)c1c(F)cccc1CC. The van der Waals surface area contributed by atoms with Gasteiger partial charge < -0.3 is 0 Å². The van der Waals surface area contributed by atoms with E-state index in [9.17, 15) is 4.39 Å². The molecule has 0 N–H and O–H groups in total. The lowest BCUT2D eigenvalue weighted by Gasteiger charge is -2.18. The molecule has 1 aliphatic rings. The third-order valence-electron chi connectivity index (χ3n) is 4.56. The zero-order chi connectivity index (χ0) is 14.8. The lowest BCUT2D eigenvalue weighted by molar-refractivity contribution is 0.584. The van der Waals surface area contributed by atoms with Crippen LogP contribution >= 0.6 is 0 Å². The second kappa shape index (κ2) is 5.95. The third kappa shape index (κ3) is 2.87. The molecular weight excluding hydrogens is 247 g/mol. The van der Waals surface area contributed by atoms with Crippen molar-refractivity contribution in [2.45, 2.75) is 58.8 Å². The molecule has 1 aromatic carbocycles. The predicted octanol–water partition coefficient (Wildman–Crippen LogP) is 5.72. The number of benzene rings is 1. The normalized spacial score (nSPS) is 21.9. The number of rotatable bonds is 6. The molecule has 0 saturated carbocycles. The van der Waals surface area contributed by atoms with Gasteiger partial charge in [-0.05, 0) is 58.1 Å². The summed E-state index contributed by atoms with van der Waals surface area (Å²) < 4.78 is 14.2. The van der Waals surface area contributed by atoms with Gasteiger partial charge in [-0.3, -0.25) is 0 Å². The zero-order valence-corrected chi connectivity index (χ0v) is 13.1. The lowest BCUT2D eigenvalue weighted by atomic mass is 9.86. The Balaban J connectivity index is 2.05. The van der Waals surface area contributed by atoms with Gasteiger partial charge in [-0.25, -0.2) is 4.39 Å². The highest BCUT2D eigenvalue weighted by atomic mass is 19.1. The van der Waals surface area contributed by atoms with E-state index in [1.807, 2.05) is 6.07 Å². The van der Waals surface area contributed by atoms with Gasteiger partial charge in [-0.15, -0.1) is 0 Å². The van der Waals surface area contributed by atoms with E-state index in [0.717, 1.165) is 36.8 Å². The van der Waals surface area contributed by atoms with E-state index in [0.29, 0.717) is 0 Å². The van der Waals surface area contributed by atoms with E-state index in [-0.39, 0.29) is 11.2 Å². The highest BCUT2D eigenvalue weighted by molar-refractivity contribution is 5.56. The molecule has 20 heavy (non-hydrogen) atoms.